The average Bonchev–Trinajstić information content (AvgIpc) is 2.74. The zero-order valence-corrected chi connectivity index (χ0v) is 19.8. The first-order valence-electron chi connectivity index (χ1n) is 9.15. The maximum Gasteiger partial charge on any atom is 0.276 e. The highest BCUT2D eigenvalue weighted by atomic mass is 127. The van der Waals surface area contributed by atoms with E-state index in [9.17, 15) is 26.4 Å². The van der Waals surface area contributed by atoms with E-state index in [1.165, 1.54) is 24.3 Å². The van der Waals surface area contributed by atoms with Crippen LogP contribution in [-0.4, -0.2) is 20.5 Å². The number of halogens is 4. The van der Waals surface area contributed by atoms with Gasteiger partial charge in [-0.15, -0.1) is 0 Å². The highest BCUT2D eigenvalue weighted by Crippen LogP contribution is 2.30. The van der Waals surface area contributed by atoms with Gasteiger partial charge in [0.05, 0.1) is 28.0 Å². The number of hydrogen-bond donors (Lipinski definition) is 3. The second kappa shape index (κ2) is 9.79. The molecule has 1 amide bonds. The van der Waals surface area contributed by atoms with Crippen LogP contribution in [0.15, 0.2) is 58.5 Å². The molecule has 4 N–H and O–H groups in total. The molecule has 0 spiro atoms. The lowest BCUT2D eigenvalue weighted by atomic mass is 10.1. The molecule has 0 heterocycles. The van der Waals surface area contributed by atoms with Crippen molar-refractivity contribution in [3.8, 4) is 0 Å². The summed E-state index contributed by atoms with van der Waals surface area (Å²) in [6.07, 6.45) is 0.686. The molecule has 7 nitrogen and oxygen atoms in total. The normalized spacial score (nSPS) is 11.5. The number of nitrogens with two attached hydrogens (primary N) is 1. The molecule has 0 saturated carbocycles. The molecule has 0 saturated heterocycles. The Balaban J connectivity index is 1.93. The summed E-state index contributed by atoms with van der Waals surface area (Å²) in [5.41, 5.74) is 4.21. The number of hydrogen-bond acceptors (Lipinski definition) is 5. The highest BCUT2D eigenvalue weighted by Gasteiger charge is 2.22. The molecule has 0 aliphatic carbocycles. The van der Waals surface area contributed by atoms with Crippen LogP contribution in [0.25, 0.3) is 0 Å². The van der Waals surface area contributed by atoms with E-state index in [4.69, 9.17) is 5.73 Å². The molecular weight excluding hydrogens is 572 g/mol. The first-order chi connectivity index (χ1) is 15.5. The number of carbonyl (C=O) groups excluding carboxylic acids is 1. The number of anilines is 2. The molecule has 3 aromatic carbocycles. The second-order valence-corrected chi connectivity index (χ2v) is 9.70. The van der Waals surface area contributed by atoms with Crippen molar-refractivity contribution in [2.45, 2.75) is 11.8 Å². The highest BCUT2D eigenvalue weighted by molar-refractivity contribution is 14.1. The summed E-state index contributed by atoms with van der Waals surface area (Å²) < 4.78 is 68.6. The van der Waals surface area contributed by atoms with Gasteiger partial charge in [0, 0.05) is 9.13 Å². The van der Waals surface area contributed by atoms with Gasteiger partial charge in [-0.25, -0.2) is 18.0 Å². The number of rotatable bonds is 7. The number of primary amides is 1. The predicted octanol–water partition coefficient (Wildman–Crippen LogP) is 4.17. The average molecular weight is 588 g/mol. The molecule has 0 unspecified atom stereocenters. The van der Waals surface area contributed by atoms with Crippen LogP contribution in [0.1, 0.15) is 21.5 Å². The Hall–Kier alpha value is -3.13. The first kappa shape index (κ1) is 24.5. The maximum atomic E-state index is 14.8. The third kappa shape index (κ3) is 5.63. The summed E-state index contributed by atoms with van der Waals surface area (Å²) in [5, 5.41) is 5.79. The molecule has 3 aromatic rings. The second-order valence-electron chi connectivity index (χ2n) is 6.80. The van der Waals surface area contributed by atoms with E-state index in [0.717, 1.165) is 17.7 Å². The molecule has 0 aliphatic rings. The van der Waals surface area contributed by atoms with Crippen molar-refractivity contribution in [1.29, 1.82) is 0 Å². The van der Waals surface area contributed by atoms with Gasteiger partial charge in [-0.1, -0.05) is 17.7 Å². The van der Waals surface area contributed by atoms with Crippen LogP contribution in [0.2, 0.25) is 0 Å². The number of nitrogens with one attached hydrogen (secondary N) is 2. The zero-order chi connectivity index (χ0) is 24.3. The molecule has 0 aliphatic heterocycles. The molecule has 0 fully saturated rings. The van der Waals surface area contributed by atoms with Crippen molar-refractivity contribution >= 4 is 56.1 Å². The summed E-state index contributed by atoms with van der Waals surface area (Å²) in [6, 6.07) is 10.7. The van der Waals surface area contributed by atoms with E-state index < -0.39 is 50.2 Å². The SMILES string of the molecule is Cc1ccc(S(=O)(=O)N/N=C/c2cc(C(N)=O)c(Nc3ccc(I)cc3F)c(F)c2F)cc1. The molecule has 0 radical (unpaired) electrons. The van der Waals surface area contributed by atoms with Crippen molar-refractivity contribution in [1.82, 2.24) is 4.83 Å². The van der Waals surface area contributed by atoms with Crippen LogP contribution in [0, 0.1) is 27.9 Å². The lowest BCUT2D eigenvalue weighted by Gasteiger charge is -2.14. The van der Waals surface area contributed by atoms with E-state index in [1.54, 1.807) is 19.1 Å². The van der Waals surface area contributed by atoms with Crippen molar-refractivity contribution in [3.63, 3.8) is 0 Å². The topological polar surface area (TPSA) is 114 Å². The van der Waals surface area contributed by atoms with E-state index in [-0.39, 0.29) is 10.6 Å². The zero-order valence-electron chi connectivity index (χ0n) is 16.9. The third-order valence-corrected chi connectivity index (χ3v) is 6.31. The van der Waals surface area contributed by atoms with Crippen molar-refractivity contribution in [2.24, 2.45) is 10.8 Å². The van der Waals surface area contributed by atoms with Crippen molar-refractivity contribution in [3.05, 3.63) is 86.2 Å². The number of hydrazone groups is 1. The van der Waals surface area contributed by atoms with Gasteiger partial charge in [-0.05, 0) is 65.9 Å². The summed E-state index contributed by atoms with van der Waals surface area (Å²) in [7, 11) is -4.06. The number of amides is 1. The quantitative estimate of drug-likeness (QED) is 0.219. The van der Waals surface area contributed by atoms with Gasteiger partial charge in [-0.3, -0.25) is 4.79 Å². The molecule has 0 atom stereocenters. The Bertz CT molecular complexity index is 1360. The number of benzene rings is 3. The molecule has 172 valence electrons. The van der Waals surface area contributed by atoms with Crippen LogP contribution in [-0.2, 0) is 10.0 Å². The number of nitrogens with zero attached hydrogens (tertiary/aromatic N) is 1. The minimum absolute atomic E-state index is 0.0891. The van der Waals surface area contributed by atoms with Gasteiger partial charge >= 0.3 is 0 Å². The van der Waals surface area contributed by atoms with Crippen molar-refractivity contribution in [2.75, 3.05) is 5.32 Å². The molecule has 3 rings (SSSR count). The predicted molar refractivity (Wildman–Crippen MR) is 126 cm³/mol. The van der Waals surface area contributed by atoms with Crippen LogP contribution in [0.3, 0.4) is 0 Å². The standard InChI is InChI=1S/C21H16F3IN4O3S/c1-11-2-5-14(6-3-11)33(31,32)29-27-10-12-8-15(21(26)30)20(19(24)18(12)23)28-17-7-4-13(25)9-16(17)22/h2-10,28-29H,1H3,(H2,26,30)/b27-10+. The smallest absolute Gasteiger partial charge is 0.276 e. The number of carbonyl (C=O) groups is 1. The lowest BCUT2D eigenvalue weighted by molar-refractivity contribution is 0.100. The van der Waals surface area contributed by atoms with E-state index >= 15 is 0 Å². The minimum Gasteiger partial charge on any atom is -0.366 e. The monoisotopic (exact) mass is 588 g/mol. The number of sulfonamides is 1. The van der Waals surface area contributed by atoms with E-state index in [1.807, 2.05) is 27.4 Å². The molecule has 12 heteroatoms. The Kier molecular flexibility index (Phi) is 7.27. The van der Waals surface area contributed by atoms with Gasteiger partial charge in [0.1, 0.15) is 5.82 Å². The first-order valence-corrected chi connectivity index (χ1v) is 11.7. The van der Waals surface area contributed by atoms with Gasteiger partial charge in [0.15, 0.2) is 11.6 Å². The Morgan fingerprint density at radius 1 is 1.06 bits per heavy atom. The fraction of sp³-hybridized carbons (Fsp3) is 0.0476. The van der Waals surface area contributed by atoms with E-state index in [2.05, 4.69) is 10.4 Å². The maximum absolute atomic E-state index is 14.8. The van der Waals surface area contributed by atoms with E-state index in [0.29, 0.717) is 9.78 Å². The fourth-order valence-corrected chi connectivity index (χ4v) is 3.96. The number of aryl methyl sites for hydroxylation is 1. The van der Waals surface area contributed by atoms with Gasteiger partial charge in [0.25, 0.3) is 15.9 Å². The van der Waals surface area contributed by atoms with Gasteiger partial charge in [0.2, 0.25) is 0 Å². The van der Waals surface area contributed by atoms with Crippen molar-refractivity contribution < 1.29 is 26.4 Å². The molecule has 33 heavy (non-hydrogen) atoms. The summed E-state index contributed by atoms with van der Waals surface area (Å²) in [4.78, 5) is 13.6. The Morgan fingerprint density at radius 3 is 2.33 bits per heavy atom. The Morgan fingerprint density at radius 2 is 1.73 bits per heavy atom. The minimum atomic E-state index is -4.06. The van der Waals surface area contributed by atoms with Gasteiger partial charge in [-0.2, -0.15) is 13.5 Å². The fourth-order valence-electron chi connectivity index (χ4n) is 2.72. The molecule has 0 aromatic heterocycles. The summed E-state index contributed by atoms with van der Waals surface area (Å²) in [6.45, 7) is 1.78. The Labute approximate surface area is 201 Å². The van der Waals surface area contributed by atoms with Gasteiger partial charge < -0.3 is 11.1 Å². The van der Waals surface area contributed by atoms with Crippen LogP contribution >= 0.6 is 22.6 Å². The summed E-state index contributed by atoms with van der Waals surface area (Å²) in [5.74, 6) is -4.86. The summed E-state index contributed by atoms with van der Waals surface area (Å²) >= 11 is 1.87. The largest absolute Gasteiger partial charge is 0.366 e. The molecule has 0 bridgehead atoms. The lowest BCUT2D eigenvalue weighted by Crippen LogP contribution is -2.19. The van der Waals surface area contributed by atoms with Crippen LogP contribution in [0.5, 0.6) is 0 Å². The molecular formula is C21H16F3IN4O3S. The van der Waals surface area contributed by atoms with Crippen LogP contribution < -0.4 is 15.9 Å². The third-order valence-electron chi connectivity index (χ3n) is 4.40. The van der Waals surface area contributed by atoms with Crippen LogP contribution in [0.4, 0.5) is 24.5 Å².